The number of piperidine rings is 1. The Labute approximate surface area is 152 Å². The molecule has 2 rings (SSSR count). The predicted octanol–water partition coefficient (Wildman–Crippen LogP) is 2.30. The number of unbranched alkanes of at least 4 members (excludes halogenated alkanes) is 1. The van der Waals surface area contributed by atoms with Crippen LogP contribution in [0.25, 0.3) is 0 Å². The first-order valence-electron chi connectivity index (χ1n) is 8.56. The van der Waals surface area contributed by atoms with Crippen molar-refractivity contribution in [2.75, 3.05) is 24.2 Å². The summed E-state index contributed by atoms with van der Waals surface area (Å²) in [6.45, 7) is 2.46. The molecule has 1 saturated heterocycles. The molecule has 0 aromatic heterocycles. The number of anilines is 1. The van der Waals surface area contributed by atoms with Gasteiger partial charge in [0.15, 0.2) is 0 Å². The maximum atomic E-state index is 13.9. The van der Waals surface area contributed by atoms with Crippen molar-refractivity contribution in [2.45, 2.75) is 32.6 Å². The van der Waals surface area contributed by atoms with E-state index >= 15 is 0 Å². The van der Waals surface area contributed by atoms with Crippen molar-refractivity contribution in [2.24, 2.45) is 5.92 Å². The van der Waals surface area contributed by atoms with Crippen molar-refractivity contribution in [3.63, 3.8) is 0 Å². The minimum atomic E-state index is -3.29. The molecule has 0 atom stereocenters. The first kappa shape index (κ1) is 20.3. The molecule has 0 unspecified atom stereocenters. The summed E-state index contributed by atoms with van der Waals surface area (Å²) in [6.07, 6.45) is 2.14. The standard InChI is InChI=1S/C17H23FN2O5S/c1-2-3-10-26(24,25)20-8-6-12(7-9-20)16(21)19-15-5-4-13(17(22)23)11-14(15)18/h4-5,11-12H,2-3,6-10H2,1H3,(H,19,21)(H,22,23). The van der Waals surface area contributed by atoms with Crippen LogP contribution in [0.2, 0.25) is 0 Å². The van der Waals surface area contributed by atoms with Crippen molar-refractivity contribution < 1.29 is 27.5 Å². The number of sulfonamides is 1. The Bertz CT molecular complexity index is 773. The third-order valence-electron chi connectivity index (χ3n) is 4.45. The molecule has 0 spiro atoms. The maximum Gasteiger partial charge on any atom is 0.335 e. The van der Waals surface area contributed by atoms with Gasteiger partial charge < -0.3 is 10.4 Å². The van der Waals surface area contributed by atoms with Gasteiger partial charge in [-0.15, -0.1) is 0 Å². The molecular weight excluding hydrogens is 363 g/mol. The van der Waals surface area contributed by atoms with E-state index in [-0.39, 0.29) is 30.1 Å². The van der Waals surface area contributed by atoms with Gasteiger partial charge in [0.25, 0.3) is 0 Å². The van der Waals surface area contributed by atoms with Gasteiger partial charge in [0, 0.05) is 19.0 Å². The van der Waals surface area contributed by atoms with Gasteiger partial charge in [0.1, 0.15) is 5.82 Å². The van der Waals surface area contributed by atoms with Crippen molar-refractivity contribution in [3.05, 3.63) is 29.6 Å². The zero-order valence-corrected chi connectivity index (χ0v) is 15.4. The lowest BCUT2D eigenvalue weighted by molar-refractivity contribution is -0.120. The average molecular weight is 386 g/mol. The second kappa shape index (κ2) is 8.59. The van der Waals surface area contributed by atoms with Crippen LogP contribution in [0, 0.1) is 11.7 Å². The normalized spacial score (nSPS) is 16.4. The molecular formula is C17H23FN2O5S. The van der Waals surface area contributed by atoms with E-state index in [4.69, 9.17) is 5.11 Å². The van der Waals surface area contributed by atoms with Gasteiger partial charge >= 0.3 is 5.97 Å². The van der Waals surface area contributed by atoms with Gasteiger partial charge in [-0.05, 0) is 37.5 Å². The number of hydrogen-bond acceptors (Lipinski definition) is 4. The first-order valence-corrected chi connectivity index (χ1v) is 10.2. The molecule has 2 N–H and O–H groups in total. The number of hydrogen-bond donors (Lipinski definition) is 2. The van der Waals surface area contributed by atoms with Crippen LogP contribution in [-0.2, 0) is 14.8 Å². The second-order valence-corrected chi connectivity index (χ2v) is 8.42. The van der Waals surface area contributed by atoms with Gasteiger partial charge in [0.2, 0.25) is 15.9 Å². The number of amides is 1. The van der Waals surface area contributed by atoms with Crippen molar-refractivity contribution in [1.29, 1.82) is 0 Å². The molecule has 1 amide bonds. The summed E-state index contributed by atoms with van der Waals surface area (Å²) >= 11 is 0. The van der Waals surface area contributed by atoms with Gasteiger partial charge in [0.05, 0.1) is 17.0 Å². The van der Waals surface area contributed by atoms with E-state index in [1.165, 1.54) is 16.4 Å². The van der Waals surface area contributed by atoms with Crippen molar-refractivity contribution in [1.82, 2.24) is 4.31 Å². The number of carbonyl (C=O) groups excluding carboxylic acids is 1. The fourth-order valence-electron chi connectivity index (χ4n) is 2.84. The van der Waals surface area contributed by atoms with Crippen LogP contribution < -0.4 is 5.32 Å². The van der Waals surface area contributed by atoms with E-state index in [1.54, 1.807) is 0 Å². The molecule has 26 heavy (non-hydrogen) atoms. The topological polar surface area (TPSA) is 104 Å². The Kier molecular flexibility index (Phi) is 6.71. The fourth-order valence-corrected chi connectivity index (χ4v) is 4.52. The number of rotatable bonds is 7. The molecule has 0 radical (unpaired) electrons. The summed E-state index contributed by atoms with van der Waals surface area (Å²) in [6, 6.07) is 3.27. The molecule has 0 saturated carbocycles. The number of aromatic carboxylic acids is 1. The molecule has 1 aliphatic rings. The molecule has 1 aromatic rings. The Morgan fingerprint density at radius 3 is 2.50 bits per heavy atom. The number of nitrogens with zero attached hydrogens (tertiary/aromatic N) is 1. The summed E-state index contributed by atoms with van der Waals surface area (Å²) < 4.78 is 39.7. The van der Waals surface area contributed by atoms with Crippen LogP contribution in [0.3, 0.4) is 0 Å². The minimum Gasteiger partial charge on any atom is -0.478 e. The third kappa shape index (κ3) is 5.01. The highest BCUT2D eigenvalue weighted by molar-refractivity contribution is 7.89. The average Bonchev–Trinajstić information content (AvgIpc) is 2.61. The largest absolute Gasteiger partial charge is 0.478 e. The number of carboxylic acids is 1. The van der Waals surface area contributed by atoms with Crippen molar-refractivity contribution >= 4 is 27.6 Å². The van der Waals surface area contributed by atoms with E-state index in [1.807, 2.05) is 6.92 Å². The quantitative estimate of drug-likeness (QED) is 0.748. The molecule has 1 heterocycles. The molecule has 1 fully saturated rings. The monoisotopic (exact) mass is 386 g/mol. The number of nitrogens with one attached hydrogen (secondary N) is 1. The molecule has 1 aromatic carbocycles. The zero-order chi connectivity index (χ0) is 19.3. The van der Waals surface area contributed by atoms with Gasteiger partial charge in [-0.3, -0.25) is 4.79 Å². The summed E-state index contributed by atoms with van der Waals surface area (Å²) in [5.74, 6) is -2.76. The highest BCUT2D eigenvalue weighted by Crippen LogP contribution is 2.23. The van der Waals surface area contributed by atoms with E-state index in [0.717, 1.165) is 12.5 Å². The summed E-state index contributed by atoms with van der Waals surface area (Å²) in [7, 11) is -3.29. The van der Waals surface area contributed by atoms with E-state index in [0.29, 0.717) is 19.3 Å². The molecule has 0 aliphatic carbocycles. The SMILES string of the molecule is CCCCS(=O)(=O)N1CCC(C(=O)Nc2ccc(C(=O)O)cc2F)CC1. The third-order valence-corrected chi connectivity index (χ3v) is 6.40. The molecule has 9 heteroatoms. The fraction of sp³-hybridized carbons (Fsp3) is 0.529. The summed E-state index contributed by atoms with van der Waals surface area (Å²) in [4.78, 5) is 23.1. The second-order valence-electron chi connectivity index (χ2n) is 6.33. The minimum absolute atomic E-state index is 0.0852. The number of halogens is 1. The van der Waals surface area contributed by atoms with Crippen molar-refractivity contribution in [3.8, 4) is 0 Å². The van der Waals surface area contributed by atoms with Gasteiger partial charge in [-0.25, -0.2) is 21.9 Å². The zero-order valence-electron chi connectivity index (χ0n) is 14.6. The van der Waals surface area contributed by atoms with Crippen LogP contribution in [0.1, 0.15) is 43.0 Å². The van der Waals surface area contributed by atoms with E-state index < -0.39 is 33.6 Å². The highest BCUT2D eigenvalue weighted by Gasteiger charge is 2.31. The van der Waals surface area contributed by atoms with Gasteiger partial charge in [-0.2, -0.15) is 0 Å². The number of carbonyl (C=O) groups is 2. The highest BCUT2D eigenvalue weighted by atomic mass is 32.2. The van der Waals surface area contributed by atoms with Crippen LogP contribution >= 0.6 is 0 Å². The Balaban J connectivity index is 1.94. The molecule has 144 valence electrons. The summed E-state index contributed by atoms with van der Waals surface area (Å²) in [5, 5.41) is 11.3. The predicted molar refractivity (Wildman–Crippen MR) is 95.0 cm³/mol. The molecule has 1 aliphatic heterocycles. The van der Waals surface area contributed by atoms with Crippen LogP contribution in [0.15, 0.2) is 18.2 Å². The van der Waals surface area contributed by atoms with E-state index in [2.05, 4.69) is 5.32 Å². The maximum absolute atomic E-state index is 13.9. The molecule has 7 nitrogen and oxygen atoms in total. The van der Waals surface area contributed by atoms with Crippen LogP contribution in [0.4, 0.5) is 10.1 Å². The molecule has 0 bridgehead atoms. The Morgan fingerprint density at radius 1 is 1.31 bits per heavy atom. The lowest BCUT2D eigenvalue weighted by Crippen LogP contribution is -2.42. The number of carboxylic acid groups (broad SMARTS) is 1. The lowest BCUT2D eigenvalue weighted by Gasteiger charge is -2.30. The first-order chi connectivity index (χ1) is 12.2. The Morgan fingerprint density at radius 2 is 1.96 bits per heavy atom. The smallest absolute Gasteiger partial charge is 0.335 e. The summed E-state index contributed by atoms with van der Waals surface area (Å²) in [5.41, 5.74) is -0.288. The van der Waals surface area contributed by atoms with Gasteiger partial charge in [-0.1, -0.05) is 13.3 Å². The van der Waals surface area contributed by atoms with Crippen LogP contribution in [0.5, 0.6) is 0 Å². The number of benzene rings is 1. The van der Waals surface area contributed by atoms with E-state index in [9.17, 15) is 22.4 Å². The lowest BCUT2D eigenvalue weighted by atomic mass is 9.97. The van der Waals surface area contributed by atoms with Crippen LogP contribution in [-0.4, -0.2) is 48.5 Å². The Hall–Kier alpha value is -2.00.